The van der Waals surface area contributed by atoms with Crippen LogP contribution >= 0.6 is 0 Å². The Labute approximate surface area is 172 Å². The molecule has 6 nitrogen and oxygen atoms in total. The first-order valence-electron chi connectivity index (χ1n) is 10.5. The Morgan fingerprint density at radius 3 is 2.38 bits per heavy atom. The zero-order chi connectivity index (χ0) is 20.3. The summed E-state index contributed by atoms with van der Waals surface area (Å²) in [6, 6.07) is 13.2. The highest BCUT2D eigenvalue weighted by Gasteiger charge is 2.11. The van der Waals surface area contributed by atoms with Gasteiger partial charge in [-0.05, 0) is 43.0 Å². The molecule has 2 aromatic rings. The van der Waals surface area contributed by atoms with Gasteiger partial charge in [0.2, 0.25) is 5.91 Å². The van der Waals surface area contributed by atoms with E-state index in [0.717, 1.165) is 24.5 Å². The number of carbonyl (C=O) groups is 2. The zero-order valence-electron chi connectivity index (χ0n) is 16.9. The summed E-state index contributed by atoms with van der Waals surface area (Å²) in [7, 11) is 0. The Hall–Kier alpha value is -2.89. The number of benzene rings is 1. The number of nitrogens with zero attached hydrogens (tertiary/aromatic N) is 2. The van der Waals surface area contributed by atoms with Gasteiger partial charge in [0.05, 0.1) is 0 Å². The van der Waals surface area contributed by atoms with Gasteiger partial charge in [0.1, 0.15) is 5.82 Å². The average Bonchev–Trinajstić information content (AvgIpc) is 3.06. The van der Waals surface area contributed by atoms with E-state index in [2.05, 4.69) is 20.5 Å². The van der Waals surface area contributed by atoms with Crippen LogP contribution in [0.15, 0.2) is 48.7 Å². The van der Waals surface area contributed by atoms with Crippen molar-refractivity contribution in [3.05, 3.63) is 59.8 Å². The summed E-state index contributed by atoms with van der Waals surface area (Å²) in [4.78, 5) is 30.9. The van der Waals surface area contributed by atoms with Crippen molar-refractivity contribution in [1.29, 1.82) is 0 Å². The molecule has 0 atom stereocenters. The zero-order valence-corrected chi connectivity index (χ0v) is 16.9. The first-order chi connectivity index (χ1) is 14.2. The Morgan fingerprint density at radius 2 is 1.69 bits per heavy atom. The summed E-state index contributed by atoms with van der Waals surface area (Å²) in [6.45, 7) is 3.10. The second-order valence-electron chi connectivity index (χ2n) is 7.43. The molecule has 0 bridgehead atoms. The number of hydrogen-bond acceptors (Lipinski definition) is 4. The first-order valence-corrected chi connectivity index (χ1v) is 10.5. The number of anilines is 1. The molecule has 0 saturated carbocycles. The highest BCUT2D eigenvalue weighted by Crippen LogP contribution is 2.17. The van der Waals surface area contributed by atoms with Crippen LogP contribution in [0, 0.1) is 0 Å². The van der Waals surface area contributed by atoms with Crippen LogP contribution in [0.2, 0.25) is 0 Å². The van der Waals surface area contributed by atoms with Gasteiger partial charge in [0.25, 0.3) is 5.91 Å². The highest BCUT2D eigenvalue weighted by atomic mass is 16.2. The normalized spacial score (nSPS) is 14.1. The van der Waals surface area contributed by atoms with Gasteiger partial charge in [0.15, 0.2) is 0 Å². The predicted octanol–water partition coefficient (Wildman–Crippen LogP) is 3.29. The van der Waals surface area contributed by atoms with E-state index >= 15 is 0 Å². The van der Waals surface area contributed by atoms with Crippen molar-refractivity contribution in [2.75, 3.05) is 24.5 Å². The van der Waals surface area contributed by atoms with Gasteiger partial charge in [-0.25, -0.2) is 4.98 Å². The third-order valence-corrected chi connectivity index (χ3v) is 5.13. The smallest absolute Gasteiger partial charge is 0.251 e. The minimum Gasteiger partial charge on any atom is -0.357 e. The maximum Gasteiger partial charge on any atom is 0.251 e. The van der Waals surface area contributed by atoms with Gasteiger partial charge in [-0.2, -0.15) is 0 Å². The van der Waals surface area contributed by atoms with E-state index in [9.17, 15) is 9.59 Å². The molecule has 0 radical (unpaired) electrons. The molecule has 29 heavy (non-hydrogen) atoms. The van der Waals surface area contributed by atoms with Gasteiger partial charge in [0, 0.05) is 44.4 Å². The lowest BCUT2D eigenvalue weighted by Crippen LogP contribution is -2.27. The quantitative estimate of drug-likeness (QED) is 0.674. The molecule has 3 rings (SSSR count). The van der Waals surface area contributed by atoms with Crippen LogP contribution < -0.4 is 15.5 Å². The fourth-order valence-corrected chi connectivity index (χ4v) is 3.44. The lowest BCUT2D eigenvalue weighted by Gasteiger charge is -2.21. The summed E-state index contributed by atoms with van der Waals surface area (Å²) in [6.07, 6.45) is 7.90. The van der Waals surface area contributed by atoms with Crippen molar-refractivity contribution in [3.63, 3.8) is 0 Å². The van der Waals surface area contributed by atoms with Gasteiger partial charge >= 0.3 is 0 Å². The topological polar surface area (TPSA) is 74.3 Å². The SMILES string of the molecule is O=C(CCCNC(=O)c1ccccc1)NCc1ccc(N2CCCCCC2)nc1. The number of carbonyl (C=O) groups excluding carboxylic acids is 2. The molecule has 1 aliphatic heterocycles. The highest BCUT2D eigenvalue weighted by molar-refractivity contribution is 5.94. The van der Waals surface area contributed by atoms with Crippen molar-refractivity contribution in [1.82, 2.24) is 15.6 Å². The van der Waals surface area contributed by atoms with Crippen molar-refractivity contribution in [2.24, 2.45) is 0 Å². The predicted molar refractivity (Wildman–Crippen MR) is 115 cm³/mol. The maximum atomic E-state index is 12.0. The van der Waals surface area contributed by atoms with Gasteiger partial charge < -0.3 is 15.5 Å². The molecule has 1 fully saturated rings. The molecule has 6 heteroatoms. The number of hydrogen-bond donors (Lipinski definition) is 2. The molecule has 1 saturated heterocycles. The average molecular weight is 395 g/mol. The Balaban J connectivity index is 1.33. The number of aromatic nitrogens is 1. The monoisotopic (exact) mass is 394 g/mol. The van der Waals surface area contributed by atoms with Crippen LogP contribution in [0.1, 0.15) is 54.4 Å². The fourth-order valence-electron chi connectivity index (χ4n) is 3.44. The third-order valence-electron chi connectivity index (χ3n) is 5.13. The molecule has 2 amide bonds. The van der Waals surface area contributed by atoms with Crippen LogP contribution in [-0.4, -0.2) is 36.4 Å². The van der Waals surface area contributed by atoms with E-state index in [4.69, 9.17) is 0 Å². The molecular formula is C23H30N4O2. The van der Waals surface area contributed by atoms with E-state index in [-0.39, 0.29) is 11.8 Å². The molecular weight excluding hydrogens is 364 g/mol. The Kier molecular flexibility index (Phi) is 8.04. The standard InChI is InChI=1S/C23H30N4O2/c28-22(11-8-14-24-23(29)20-9-4-3-5-10-20)26-18-19-12-13-21(25-17-19)27-15-6-1-2-7-16-27/h3-5,9-10,12-13,17H,1-2,6-8,11,14-16,18H2,(H,24,29)(H,26,28). The summed E-state index contributed by atoms with van der Waals surface area (Å²) in [5.74, 6) is 0.897. The van der Waals surface area contributed by atoms with Crippen molar-refractivity contribution < 1.29 is 9.59 Å². The van der Waals surface area contributed by atoms with E-state index in [1.165, 1.54) is 25.7 Å². The molecule has 0 unspecified atom stereocenters. The molecule has 0 aliphatic carbocycles. The fraction of sp³-hybridized carbons (Fsp3) is 0.435. The van der Waals surface area contributed by atoms with Crippen LogP contribution in [0.3, 0.4) is 0 Å². The van der Waals surface area contributed by atoms with E-state index < -0.39 is 0 Å². The second-order valence-corrected chi connectivity index (χ2v) is 7.43. The second kappa shape index (κ2) is 11.2. The molecule has 1 aliphatic rings. The van der Waals surface area contributed by atoms with Gasteiger partial charge in [-0.1, -0.05) is 37.1 Å². The Bertz CT molecular complexity index is 769. The van der Waals surface area contributed by atoms with Crippen molar-refractivity contribution in [2.45, 2.75) is 45.1 Å². The summed E-state index contributed by atoms with van der Waals surface area (Å²) >= 11 is 0. The van der Waals surface area contributed by atoms with E-state index in [1.54, 1.807) is 12.1 Å². The van der Waals surface area contributed by atoms with Crippen LogP contribution in [-0.2, 0) is 11.3 Å². The summed E-state index contributed by atoms with van der Waals surface area (Å²) < 4.78 is 0. The van der Waals surface area contributed by atoms with Crippen molar-refractivity contribution >= 4 is 17.6 Å². The number of pyridine rings is 1. The van der Waals surface area contributed by atoms with Gasteiger partial charge in [-0.15, -0.1) is 0 Å². The minimum absolute atomic E-state index is 0.0180. The summed E-state index contributed by atoms with van der Waals surface area (Å²) in [5, 5.41) is 5.76. The molecule has 154 valence electrons. The van der Waals surface area contributed by atoms with Gasteiger partial charge in [-0.3, -0.25) is 9.59 Å². The van der Waals surface area contributed by atoms with Crippen molar-refractivity contribution in [3.8, 4) is 0 Å². The largest absolute Gasteiger partial charge is 0.357 e. The maximum absolute atomic E-state index is 12.0. The van der Waals surface area contributed by atoms with E-state index in [0.29, 0.717) is 31.5 Å². The number of nitrogens with one attached hydrogen (secondary N) is 2. The van der Waals surface area contributed by atoms with E-state index in [1.807, 2.05) is 36.5 Å². The lowest BCUT2D eigenvalue weighted by atomic mass is 10.2. The van der Waals surface area contributed by atoms with Crippen LogP contribution in [0.4, 0.5) is 5.82 Å². The van der Waals surface area contributed by atoms with Crippen LogP contribution in [0.25, 0.3) is 0 Å². The first kappa shape index (κ1) is 20.8. The molecule has 0 spiro atoms. The summed E-state index contributed by atoms with van der Waals surface area (Å²) in [5.41, 5.74) is 1.63. The number of rotatable bonds is 8. The molecule has 1 aromatic carbocycles. The molecule has 2 heterocycles. The molecule has 2 N–H and O–H groups in total. The number of amides is 2. The minimum atomic E-state index is -0.110. The molecule has 1 aromatic heterocycles. The van der Waals surface area contributed by atoms with Crippen LogP contribution in [0.5, 0.6) is 0 Å². The lowest BCUT2D eigenvalue weighted by molar-refractivity contribution is -0.121. The Morgan fingerprint density at radius 1 is 0.931 bits per heavy atom. The third kappa shape index (κ3) is 6.89.